The van der Waals surface area contributed by atoms with Crippen molar-refractivity contribution in [3.63, 3.8) is 0 Å². The van der Waals surface area contributed by atoms with Crippen molar-refractivity contribution < 1.29 is 9.59 Å². The van der Waals surface area contributed by atoms with E-state index in [9.17, 15) is 9.59 Å². The Kier molecular flexibility index (Phi) is 6.44. The molecule has 2 atom stereocenters. The van der Waals surface area contributed by atoms with Crippen LogP contribution in [0.2, 0.25) is 0 Å². The molecule has 1 amide bonds. The number of ketones is 1. The van der Waals surface area contributed by atoms with Crippen LogP contribution in [0.4, 0.5) is 0 Å². The molecular weight excluding hydrogens is 426 g/mol. The summed E-state index contributed by atoms with van der Waals surface area (Å²) in [6, 6.07) is 19.2. The number of hydrogen-bond acceptors (Lipinski definition) is 5. The first-order valence-corrected chi connectivity index (χ1v) is 11.6. The Morgan fingerprint density at radius 3 is 2.59 bits per heavy atom. The number of aromatic amines is 1. The van der Waals surface area contributed by atoms with Crippen molar-refractivity contribution in [1.82, 2.24) is 25.8 Å². The molecule has 5 rings (SSSR count). The van der Waals surface area contributed by atoms with E-state index in [0.29, 0.717) is 25.1 Å². The number of rotatable bonds is 7. The summed E-state index contributed by atoms with van der Waals surface area (Å²) in [6.07, 6.45) is 5.50. The summed E-state index contributed by atoms with van der Waals surface area (Å²) in [6.45, 7) is 1.18. The Morgan fingerprint density at radius 1 is 1.00 bits per heavy atom. The molecule has 34 heavy (non-hydrogen) atoms. The number of Topliss-reactive ketones (excluding diaryl/α,β-unsaturated/α-hetero) is 1. The number of carbonyl (C=O) groups is 2. The number of hydrogen-bond donors (Lipinski definition) is 3. The van der Waals surface area contributed by atoms with Crippen LogP contribution in [0, 0.1) is 5.92 Å². The molecule has 172 valence electrons. The van der Waals surface area contributed by atoms with Gasteiger partial charge in [-0.2, -0.15) is 5.10 Å². The quantitative estimate of drug-likeness (QED) is 0.369. The zero-order chi connectivity index (χ0) is 23.3. The van der Waals surface area contributed by atoms with Gasteiger partial charge in [-0.15, -0.1) is 0 Å². The van der Waals surface area contributed by atoms with Gasteiger partial charge in [0.15, 0.2) is 5.78 Å². The summed E-state index contributed by atoms with van der Waals surface area (Å²) >= 11 is 0. The van der Waals surface area contributed by atoms with Gasteiger partial charge in [0.25, 0.3) is 0 Å². The van der Waals surface area contributed by atoms with Gasteiger partial charge in [0, 0.05) is 41.9 Å². The monoisotopic (exact) mass is 453 g/mol. The second-order valence-corrected chi connectivity index (χ2v) is 8.80. The molecule has 7 nitrogen and oxygen atoms in total. The van der Waals surface area contributed by atoms with Crippen molar-refractivity contribution >= 4 is 22.6 Å². The smallest absolute Gasteiger partial charge is 0.237 e. The number of amides is 1. The minimum absolute atomic E-state index is 0.0164. The van der Waals surface area contributed by atoms with E-state index >= 15 is 0 Å². The van der Waals surface area contributed by atoms with E-state index in [1.807, 2.05) is 60.7 Å². The maximum Gasteiger partial charge on any atom is 0.237 e. The Hall–Kier alpha value is -3.84. The third-order valence-corrected chi connectivity index (χ3v) is 6.46. The molecule has 7 heteroatoms. The number of H-pyrrole nitrogens is 1. The maximum atomic E-state index is 13.1. The fraction of sp³-hybridized carbons (Fsp3) is 0.259. The number of aromatic nitrogens is 3. The molecule has 0 bridgehead atoms. The van der Waals surface area contributed by atoms with Crippen molar-refractivity contribution in [2.75, 3.05) is 6.54 Å². The molecule has 0 spiro atoms. The maximum absolute atomic E-state index is 13.1. The zero-order valence-electron chi connectivity index (χ0n) is 18.8. The van der Waals surface area contributed by atoms with Crippen molar-refractivity contribution in [1.29, 1.82) is 0 Å². The summed E-state index contributed by atoms with van der Waals surface area (Å²) in [5.74, 6) is 0.343. The van der Waals surface area contributed by atoms with Crippen LogP contribution in [0.25, 0.3) is 22.2 Å². The Bertz CT molecular complexity index is 1280. The Balaban J connectivity index is 1.17. The van der Waals surface area contributed by atoms with E-state index < -0.39 is 0 Å². The van der Waals surface area contributed by atoms with E-state index in [1.54, 1.807) is 12.4 Å². The first-order valence-electron chi connectivity index (χ1n) is 11.6. The lowest BCUT2D eigenvalue weighted by molar-refractivity contribution is -0.124. The fourth-order valence-corrected chi connectivity index (χ4v) is 4.52. The molecule has 1 aliphatic rings. The zero-order valence-corrected chi connectivity index (χ0v) is 18.8. The molecule has 3 N–H and O–H groups in total. The normalized spacial score (nSPS) is 18.0. The summed E-state index contributed by atoms with van der Waals surface area (Å²) in [5.41, 5.74) is 4.44. The van der Waals surface area contributed by atoms with Gasteiger partial charge in [0.05, 0.1) is 11.6 Å². The van der Waals surface area contributed by atoms with Gasteiger partial charge in [-0.25, -0.2) is 0 Å². The molecule has 4 aromatic rings. The van der Waals surface area contributed by atoms with Crippen LogP contribution in [-0.4, -0.2) is 39.5 Å². The lowest BCUT2D eigenvalue weighted by Gasteiger charge is -2.28. The van der Waals surface area contributed by atoms with Crippen LogP contribution < -0.4 is 10.6 Å². The van der Waals surface area contributed by atoms with E-state index in [0.717, 1.165) is 40.6 Å². The van der Waals surface area contributed by atoms with Gasteiger partial charge < -0.3 is 10.6 Å². The highest BCUT2D eigenvalue weighted by Crippen LogP contribution is 2.28. The summed E-state index contributed by atoms with van der Waals surface area (Å²) in [7, 11) is 0. The Morgan fingerprint density at radius 2 is 1.82 bits per heavy atom. The molecular formula is C27H27N5O2. The van der Waals surface area contributed by atoms with Crippen molar-refractivity contribution in [3.8, 4) is 11.3 Å². The van der Waals surface area contributed by atoms with Gasteiger partial charge in [-0.05, 0) is 61.2 Å². The fourth-order valence-electron chi connectivity index (χ4n) is 4.52. The van der Waals surface area contributed by atoms with Crippen molar-refractivity contribution in [2.24, 2.45) is 5.92 Å². The summed E-state index contributed by atoms with van der Waals surface area (Å²) in [5, 5.41) is 14.7. The highest BCUT2D eigenvalue weighted by molar-refractivity contribution is 6.02. The van der Waals surface area contributed by atoms with Gasteiger partial charge in [-0.1, -0.05) is 30.3 Å². The predicted molar refractivity (Wildman–Crippen MR) is 131 cm³/mol. The largest absolute Gasteiger partial charge is 0.351 e. The lowest BCUT2D eigenvalue weighted by atomic mass is 9.88. The average Bonchev–Trinajstić information content (AvgIpc) is 3.32. The van der Waals surface area contributed by atoms with Crippen LogP contribution in [0.1, 0.15) is 35.2 Å². The van der Waals surface area contributed by atoms with Gasteiger partial charge in [0.2, 0.25) is 5.91 Å². The Labute approximate surface area is 198 Å². The number of pyridine rings is 1. The van der Waals surface area contributed by atoms with Gasteiger partial charge >= 0.3 is 0 Å². The van der Waals surface area contributed by atoms with Gasteiger partial charge in [0.1, 0.15) is 5.69 Å². The number of fused-ring (bicyclic) bond motifs is 1. The van der Waals surface area contributed by atoms with Crippen LogP contribution >= 0.6 is 0 Å². The standard InChI is InChI=1S/C27H27N5O2/c33-25(21-7-9-23-22(15-21)26(32-31-23)20-10-12-28-13-11-20)14-19-6-8-24(29-17-19)27(34)30-16-18-4-2-1-3-5-18/h1-5,7,9-13,15,19,24,29H,6,8,14,16-17H2,(H,30,34)(H,31,32)/t19-,24+/m0/s1. The van der Waals surface area contributed by atoms with Crippen LogP contribution in [0.5, 0.6) is 0 Å². The molecule has 2 aromatic carbocycles. The summed E-state index contributed by atoms with van der Waals surface area (Å²) in [4.78, 5) is 29.6. The number of carbonyl (C=O) groups excluding carboxylic acids is 2. The number of piperidine rings is 1. The first-order chi connectivity index (χ1) is 16.7. The highest BCUT2D eigenvalue weighted by Gasteiger charge is 2.27. The van der Waals surface area contributed by atoms with Crippen LogP contribution in [0.3, 0.4) is 0 Å². The number of nitrogens with one attached hydrogen (secondary N) is 3. The first kappa shape index (κ1) is 22.0. The molecule has 3 heterocycles. The second kappa shape index (κ2) is 9.97. The minimum Gasteiger partial charge on any atom is -0.351 e. The van der Waals surface area contributed by atoms with Gasteiger partial charge in [-0.3, -0.25) is 19.7 Å². The molecule has 1 saturated heterocycles. The third-order valence-electron chi connectivity index (χ3n) is 6.46. The van der Waals surface area contributed by atoms with E-state index in [-0.39, 0.29) is 23.7 Å². The lowest BCUT2D eigenvalue weighted by Crippen LogP contribution is -2.49. The van der Waals surface area contributed by atoms with Crippen LogP contribution in [0.15, 0.2) is 73.1 Å². The van der Waals surface area contributed by atoms with Crippen LogP contribution in [-0.2, 0) is 11.3 Å². The highest BCUT2D eigenvalue weighted by atomic mass is 16.2. The minimum atomic E-state index is -0.208. The molecule has 1 aliphatic heterocycles. The third kappa shape index (κ3) is 4.89. The molecule has 0 aliphatic carbocycles. The van der Waals surface area contributed by atoms with E-state index in [2.05, 4.69) is 25.8 Å². The number of benzene rings is 2. The molecule has 2 aromatic heterocycles. The SMILES string of the molecule is O=C(C[C@@H]1CC[C@H](C(=O)NCc2ccccc2)NC1)c1ccc2[nH]nc(-c3ccncc3)c2c1. The molecule has 0 radical (unpaired) electrons. The van der Waals surface area contributed by atoms with Crippen molar-refractivity contribution in [2.45, 2.75) is 31.8 Å². The van der Waals surface area contributed by atoms with Crippen molar-refractivity contribution in [3.05, 3.63) is 84.2 Å². The molecule has 1 fully saturated rings. The topological polar surface area (TPSA) is 99.8 Å². The predicted octanol–water partition coefficient (Wildman–Crippen LogP) is 3.88. The molecule has 0 saturated carbocycles. The average molecular weight is 454 g/mol. The number of nitrogens with zero attached hydrogens (tertiary/aromatic N) is 2. The molecule has 0 unspecified atom stereocenters. The second-order valence-electron chi connectivity index (χ2n) is 8.80. The van der Waals surface area contributed by atoms with E-state index in [1.165, 1.54) is 0 Å². The summed E-state index contributed by atoms with van der Waals surface area (Å²) < 4.78 is 0. The van der Waals surface area contributed by atoms with E-state index in [4.69, 9.17) is 0 Å².